The molecule has 0 amide bonds. The highest BCUT2D eigenvalue weighted by Crippen LogP contribution is 2.31. The van der Waals surface area contributed by atoms with Crippen LogP contribution in [-0.4, -0.2) is 44.1 Å². The van der Waals surface area contributed by atoms with Crippen LogP contribution in [0.2, 0.25) is 5.02 Å². The Balaban J connectivity index is 2.02. The largest absolute Gasteiger partial charge is 0.399 e. The van der Waals surface area contributed by atoms with Crippen molar-refractivity contribution in [1.29, 1.82) is 0 Å². The fourth-order valence-electron chi connectivity index (χ4n) is 3.51. The van der Waals surface area contributed by atoms with E-state index >= 15 is 8.78 Å². The number of nitrogens with one attached hydrogen (secondary N) is 1. The second-order valence-electron chi connectivity index (χ2n) is 8.53. The van der Waals surface area contributed by atoms with Gasteiger partial charge in [-0.2, -0.15) is 4.98 Å². The molecule has 0 bridgehead atoms. The Morgan fingerprint density at radius 1 is 1.17 bits per heavy atom. The van der Waals surface area contributed by atoms with Gasteiger partial charge in [0.2, 0.25) is 5.95 Å². The standard InChI is InChI=1S/C25H24ClF2N5O2/c1-14(25(2,3)34)30-24-29-13-15-12-20(21(32-35-4)16-8-5-6-9-17(16)26)33(23(15)31-24)22-18(27)10-7-11-19(22)28/h5-14,34H,1-4H3,(H,29,30,31)/b32-21+. The van der Waals surface area contributed by atoms with E-state index in [4.69, 9.17) is 16.4 Å². The van der Waals surface area contributed by atoms with Gasteiger partial charge in [-0.05, 0) is 45.0 Å². The molecule has 0 fully saturated rings. The minimum absolute atomic E-state index is 0.178. The van der Waals surface area contributed by atoms with E-state index in [0.29, 0.717) is 21.7 Å². The van der Waals surface area contributed by atoms with Crippen LogP contribution in [0.15, 0.2) is 59.9 Å². The monoisotopic (exact) mass is 499 g/mol. The number of fused-ring (bicyclic) bond motifs is 1. The Bertz CT molecular complexity index is 1390. The first-order valence-corrected chi connectivity index (χ1v) is 11.2. The average Bonchev–Trinajstić information content (AvgIpc) is 3.15. The molecule has 0 radical (unpaired) electrons. The van der Waals surface area contributed by atoms with Crippen molar-refractivity contribution in [2.75, 3.05) is 12.4 Å². The summed E-state index contributed by atoms with van der Waals surface area (Å²) in [7, 11) is 1.37. The Labute approximate surface area is 206 Å². The molecule has 2 heterocycles. The van der Waals surface area contributed by atoms with Crippen molar-refractivity contribution in [2.45, 2.75) is 32.4 Å². The van der Waals surface area contributed by atoms with E-state index in [-0.39, 0.29) is 23.0 Å². The SMILES string of the molecule is CO/N=C(\c1ccccc1Cl)c1cc2cnc(NC(C)C(C)(C)O)nc2n1-c1c(F)cccc1F. The Hall–Kier alpha value is -3.56. The Morgan fingerprint density at radius 2 is 1.86 bits per heavy atom. The molecule has 2 aromatic carbocycles. The van der Waals surface area contributed by atoms with Crippen molar-refractivity contribution < 1.29 is 18.7 Å². The number of benzene rings is 2. The summed E-state index contributed by atoms with van der Waals surface area (Å²) in [5, 5.41) is 18.3. The van der Waals surface area contributed by atoms with Gasteiger partial charge in [-0.25, -0.2) is 13.8 Å². The van der Waals surface area contributed by atoms with Gasteiger partial charge in [-0.15, -0.1) is 0 Å². The highest BCUT2D eigenvalue weighted by molar-refractivity contribution is 6.35. The molecule has 2 N–H and O–H groups in total. The lowest BCUT2D eigenvalue weighted by atomic mass is 10.0. The third-order valence-corrected chi connectivity index (χ3v) is 5.99. The predicted molar refractivity (Wildman–Crippen MR) is 132 cm³/mol. The van der Waals surface area contributed by atoms with Gasteiger partial charge in [0.1, 0.15) is 30.1 Å². The number of aromatic nitrogens is 3. The van der Waals surface area contributed by atoms with Crippen LogP contribution in [0.25, 0.3) is 16.7 Å². The van der Waals surface area contributed by atoms with E-state index in [0.717, 1.165) is 12.1 Å². The number of oxime groups is 1. The number of hydrogen-bond acceptors (Lipinski definition) is 6. The van der Waals surface area contributed by atoms with E-state index in [1.807, 2.05) is 0 Å². The lowest BCUT2D eigenvalue weighted by Gasteiger charge is -2.26. The van der Waals surface area contributed by atoms with Crippen LogP contribution >= 0.6 is 11.6 Å². The van der Waals surface area contributed by atoms with Gasteiger partial charge in [0, 0.05) is 17.1 Å². The minimum atomic E-state index is -1.06. The molecule has 0 aliphatic heterocycles. The Kier molecular flexibility index (Phi) is 6.73. The number of aliphatic hydroxyl groups is 1. The van der Waals surface area contributed by atoms with Gasteiger partial charge in [0.15, 0.2) is 5.65 Å². The summed E-state index contributed by atoms with van der Waals surface area (Å²) >= 11 is 6.43. The zero-order valence-corrected chi connectivity index (χ0v) is 20.3. The maximum absolute atomic E-state index is 15.1. The van der Waals surface area contributed by atoms with Gasteiger partial charge < -0.3 is 15.3 Å². The summed E-state index contributed by atoms with van der Waals surface area (Å²) < 4.78 is 31.5. The van der Waals surface area contributed by atoms with E-state index in [2.05, 4.69) is 20.4 Å². The third kappa shape index (κ3) is 4.82. The van der Waals surface area contributed by atoms with Crippen LogP contribution in [0.1, 0.15) is 32.0 Å². The van der Waals surface area contributed by atoms with Crippen molar-refractivity contribution >= 4 is 34.3 Å². The van der Waals surface area contributed by atoms with Gasteiger partial charge in [0.25, 0.3) is 0 Å². The van der Waals surface area contributed by atoms with E-state index in [1.165, 1.54) is 23.9 Å². The number of halogens is 3. The molecule has 7 nitrogen and oxygen atoms in total. The van der Waals surface area contributed by atoms with Crippen LogP contribution in [0.3, 0.4) is 0 Å². The molecule has 0 aliphatic carbocycles. The molecule has 10 heteroatoms. The number of anilines is 1. The average molecular weight is 500 g/mol. The van der Waals surface area contributed by atoms with Crippen LogP contribution < -0.4 is 5.32 Å². The molecule has 0 aliphatic rings. The Morgan fingerprint density at radius 3 is 2.49 bits per heavy atom. The zero-order chi connectivity index (χ0) is 25.3. The van der Waals surface area contributed by atoms with Crippen LogP contribution in [-0.2, 0) is 4.84 Å². The molecule has 1 atom stereocenters. The number of nitrogens with zero attached hydrogens (tertiary/aromatic N) is 4. The highest BCUT2D eigenvalue weighted by atomic mass is 35.5. The number of rotatable bonds is 7. The summed E-state index contributed by atoms with van der Waals surface area (Å²) in [6.45, 7) is 5.07. The van der Waals surface area contributed by atoms with Gasteiger partial charge in [-0.3, -0.25) is 4.57 Å². The van der Waals surface area contributed by atoms with Crippen molar-refractivity contribution in [3.63, 3.8) is 0 Å². The van der Waals surface area contributed by atoms with Gasteiger partial charge in [0.05, 0.1) is 22.4 Å². The molecule has 0 saturated heterocycles. The summed E-state index contributed by atoms with van der Waals surface area (Å²) in [4.78, 5) is 13.9. The van der Waals surface area contributed by atoms with Crippen molar-refractivity contribution in [2.24, 2.45) is 5.16 Å². The molecule has 35 heavy (non-hydrogen) atoms. The maximum atomic E-state index is 15.1. The van der Waals surface area contributed by atoms with Gasteiger partial charge >= 0.3 is 0 Å². The molecule has 4 rings (SSSR count). The van der Waals surface area contributed by atoms with E-state index in [9.17, 15) is 5.11 Å². The van der Waals surface area contributed by atoms with Crippen molar-refractivity contribution in [1.82, 2.24) is 14.5 Å². The first kappa shape index (κ1) is 24.6. The van der Waals surface area contributed by atoms with Gasteiger partial charge in [-0.1, -0.05) is 41.0 Å². The van der Waals surface area contributed by atoms with Crippen molar-refractivity contribution in [3.8, 4) is 5.69 Å². The summed E-state index contributed by atoms with van der Waals surface area (Å²) in [6, 6.07) is 11.8. The van der Waals surface area contributed by atoms with Crippen molar-refractivity contribution in [3.05, 3.63) is 82.6 Å². The first-order valence-electron chi connectivity index (χ1n) is 10.8. The molecule has 0 saturated carbocycles. The quantitative estimate of drug-likeness (QED) is 0.265. The first-order chi connectivity index (χ1) is 16.6. The smallest absolute Gasteiger partial charge is 0.224 e. The number of para-hydroxylation sites is 1. The normalized spacial score (nSPS) is 13.2. The van der Waals surface area contributed by atoms with Crippen LogP contribution in [0.5, 0.6) is 0 Å². The molecule has 4 aromatic rings. The summed E-state index contributed by atoms with van der Waals surface area (Å²) in [5.74, 6) is -1.41. The lowest BCUT2D eigenvalue weighted by Crippen LogP contribution is -2.39. The highest BCUT2D eigenvalue weighted by Gasteiger charge is 2.26. The number of hydrogen-bond donors (Lipinski definition) is 2. The molecule has 0 spiro atoms. The fraction of sp³-hybridized carbons (Fsp3) is 0.240. The molecular weight excluding hydrogens is 476 g/mol. The lowest BCUT2D eigenvalue weighted by molar-refractivity contribution is 0.0646. The molecular formula is C25H24ClF2N5O2. The molecule has 1 unspecified atom stereocenters. The zero-order valence-electron chi connectivity index (χ0n) is 19.6. The topological polar surface area (TPSA) is 84.6 Å². The third-order valence-electron chi connectivity index (χ3n) is 5.66. The summed E-state index contributed by atoms with van der Waals surface area (Å²) in [6.07, 6.45) is 1.53. The van der Waals surface area contributed by atoms with E-state index in [1.54, 1.807) is 51.1 Å². The second-order valence-corrected chi connectivity index (χ2v) is 8.94. The fourth-order valence-corrected chi connectivity index (χ4v) is 3.74. The maximum Gasteiger partial charge on any atom is 0.224 e. The van der Waals surface area contributed by atoms with E-state index < -0.39 is 23.3 Å². The van der Waals surface area contributed by atoms with Crippen LogP contribution in [0, 0.1) is 11.6 Å². The molecule has 182 valence electrons. The minimum Gasteiger partial charge on any atom is -0.399 e. The predicted octanol–water partition coefficient (Wildman–Crippen LogP) is 5.32. The summed E-state index contributed by atoms with van der Waals surface area (Å²) in [5.41, 5.74) is -0.141. The second kappa shape index (κ2) is 9.59. The molecule has 2 aromatic heterocycles. The van der Waals surface area contributed by atoms with Crippen LogP contribution in [0.4, 0.5) is 14.7 Å².